The number of para-hydroxylation sites is 1. The standard InChI is InChI=1S/C16H22BrN3/c1-2-20-16-6-4-3-5-14(16)15(18-20)12-19-10-8-13(11-19)7-9-17/h3-6,13H,2,7-12H2,1H3. The first-order valence-electron chi connectivity index (χ1n) is 7.54. The fourth-order valence-electron chi connectivity index (χ4n) is 3.21. The molecule has 1 aromatic carbocycles. The van der Waals surface area contributed by atoms with Crippen molar-refractivity contribution in [2.75, 3.05) is 18.4 Å². The quantitative estimate of drug-likeness (QED) is 0.777. The Kier molecular flexibility index (Phi) is 4.41. The van der Waals surface area contributed by atoms with E-state index in [1.54, 1.807) is 0 Å². The molecule has 0 aliphatic carbocycles. The first kappa shape index (κ1) is 14.1. The van der Waals surface area contributed by atoms with Crippen LogP contribution >= 0.6 is 15.9 Å². The minimum Gasteiger partial charge on any atom is -0.297 e. The summed E-state index contributed by atoms with van der Waals surface area (Å²) in [5.74, 6) is 0.855. The number of alkyl halides is 1. The number of nitrogens with zero attached hydrogens (tertiary/aromatic N) is 3. The molecule has 1 fully saturated rings. The molecular formula is C16H22BrN3. The molecule has 3 rings (SSSR count). The van der Waals surface area contributed by atoms with Crippen LogP contribution in [0, 0.1) is 5.92 Å². The van der Waals surface area contributed by atoms with Gasteiger partial charge in [-0.05, 0) is 38.3 Å². The number of likely N-dealkylation sites (tertiary alicyclic amines) is 1. The van der Waals surface area contributed by atoms with E-state index in [0.29, 0.717) is 0 Å². The van der Waals surface area contributed by atoms with Crippen LogP contribution in [0.1, 0.15) is 25.5 Å². The van der Waals surface area contributed by atoms with Gasteiger partial charge >= 0.3 is 0 Å². The van der Waals surface area contributed by atoms with Crippen LogP contribution in [-0.4, -0.2) is 33.1 Å². The van der Waals surface area contributed by atoms with E-state index in [2.05, 4.69) is 56.7 Å². The fraction of sp³-hybridized carbons (Fsp3) is 0.562. The lowest BCUT2D eigenvalue weighted by Crippen LogP contribution is -2.20. The second-order valence-electron chi connectivity index (χ2n) is 5.65. The van der Waals surface area contributed by atoms with Crippen LogP contribution in [0.5, 0.6) is 0 Å². The molecule has 3 nitrogen and oxygen atoms in total. The van der Waals surface area contributed by atoms with Crippen molar-refractivity contribution in [2.24, 2.45) is 5.92 Å². The maximum absolute atomic E-state index is 4.81. The van der Waals surface area contributed by atoms with E-state index in [-0.39, 0.29) is 0 Å². The van der Waals surface area contributed by atoms with Gasteiger partial charge < -0.3 is 0 Å². The zero-order chi connectivity index (χ0) is 13.9. The van der Waals surface area contributed by atoms with Gasteiger partial charge in [-0.1, -0.05) is 34.1 Å². The summed E-state index contributed by atoms with van der Waals surface area (Å²) in [7, 11) is 0. The highest BCUT2D eigenvalue weighted by Gasteiger charge is 2.23. The third kappa shape index (κ3) is 2.77. The first-order chi connectivity index (χ1) is 9.81. The summed E-state index contributed by atoms with van der Waals surface area (Å²) < 4.78 is 2.12. The van der Waals surface area contributed by atoms with Crippen molar-refractivity contribution < 1.29 is 0 Å². The average molecular weight is 336 g/mol. The third-order valence-corrected chi connectivity index (χ3v) is 4.75. The fourth-order valence-corrected chi connectivity index (χ4v) is 3.86. The minimum atomic E-state index is 0.855. The summed E-state index contributed by atoms with van der Waals surface area (Å²) in [6.07, 6.45) is 2.62. The van der Waals surface area contributed by atoms with Gasteiger partial charge in [0, 0.05) is 30.4 Å². The van der Waals surface area contributed by atoms with Crippen molar-refractivity contribution in [3.8, 4) is 0 Å². The van der Waals surface area contributed by atoms with E-state index in [9.17, 15) is 0 Å². The molecule has 2 heterocycles. The number of aromatic nitrogens is 2. The van der Waals surface area contributed by atoms with Crippen molar-refractivity contribution in [2.45, 2.75) is 32.9 Å². The Morgan fingerprint density at radius 1 is 1.35 bits per heavy atom. The van der Waals surface area contributed by atoms with Crippen LogP contribution in [-0.2, 0) is 13.1 Å². The molecule has 4 heteroatoms. The Hall–Kier alpha value is -0.870. The van der Waals surface area contributed by atoms with Crippen molar-refractivity contribution >= 4 is 26.8 Å². The average Bonchev–Trinajstić information content (AvgIpc) is 3.05. The molecule has 0 saturated carbocycles. The summed E-state index contributed by atoms with van der Waals surface area (Å²) in [6, 6.07) is 8.59. The number of hydrogen-bond acceptors (Lipinski definition) is 2. The lowest BCUT2D eigenvalue weighted by Gasteiger charge is -2.14. The summed E-state index contributed by atoms with van der Waals surface area (Å²) in [5, 5.41) is 7.25. The highest BCUT2D eigenvalue weighted by Crippen LogP contribution is 2.25. The lowest BCUT2D eigenvalue weighted by atomic mass is 10.1. The van der Waals surface area contributed by atoms with Crippen LogP contribution in [0.3, 0.4) is 0 Å². The maximum atomic E-state index is 4.81. The highest BCUT2D eigenvalue weighted by atomic mass is 79.9. The number of benzene rings is 1. The van der Waals surface area contributed by atoms with E-state index in [4.69, 9.17) is 5.10 Å². The maximum Gasteiger partial charge on any atom is 0.0843 e. The molecule has 1 atom stereocenters. The van der Waals surface area contributed by atoms with Gasteiger partial charge in [0.25, 0.3) is 0 Å². The molecule has 1 aliphatic heterocycles. The Morgan fingerprint density at radius 3 is 3.00 bits per heavy atom. The molecule has 0 N–H and O–H groups in total. The Labute approximate surface area is 129 Å². The van der Waals surface area contributed by atoms with Crippen LogP contribution in [0.25, 0.3) is 10.9 Å². The van der Waals surface area contributed by atoms with Crippen LogP contribution in [0.2, 0.25) is 0 Å². The summed E-state index contributed by atoms with van der Waals surface area (Å²) in [6.45, 7) is 6.52. The molecule has 0 radical (unpaired) electrons. The smallest absolute Gasteiger partial charge is 0.0843 e. The van der Waals surface area contributed by atoms with Crippen LogP contribution < -0.4 is 0 Å². The van der Waals surface area contributed by atoms with Gasteiger partial charge in [-0.25, -0.2) is 0 Å². The van der Waals surface area contributed by atoms with Crippen LogP contribution in [0.4, 0.5) is 0 Å². The molecule has 108 valence electrons. The Morgan fingerprint density at radius 2 is 2.20 bits per heavy atom. The number of aryl methyl sites for hydroxylation is 1. The monoisotopic (exact) mass is 335 g/mol. The second-order valence-corrected chi connectivity index (χ2v) is 6.44. The zero-order valence-corrected chi connectivity index (χ0v) is 13.6. The third-order valence-electron chi connectivity index (χ3n) is 4.29. The molecule has 20 heavy (non-hydrogen) atoms. The number of halogens is 1. The molecule has 0 amide bonds. The predicted molar refractivity (Wildman–Crippen MR) is 87.2 cm³/mol. The topological polar surface area (TPSA) is 21.1 Å². The normalized spacial score (nSPS) is 20.0. The van der Waals surface area contributed by atoms with E-state index in [1.807, 2.05) is 0 Å². The molecule has 1 saturated heterocycles. The SMILES string of the molecule is CCn1nc(CN2CCC(CCBr)C2)c2ccccc21. The molecule has 0 spiro atoms. The Balaban J connectivity index is 1.78. The van der Waals surface area contributed by atoms with Gasteiger partial charge in [-0.3, -0.25) is 9.58 Å². The van der Waals surface area contributed by atoms with E-state index < -0.39 is 0 Å². The molecular weight excluding hydrogens is 314 g/mol. The number of rotatable bonds is 5. The highest BCUT2D eigenvalue weighted by molar-refractivity contribution is 9.09. The van der Waals surface area contributed by atoms with Gasteiger partial charge in [0.15, 0.2) is 0 Å². The molecule has 1 aliphatic rings. The number of fused-ring (bicyclic) bond motifs is 1. The van der Waals surface area contributed by atoms with Crippen molar-refractivity contribution in [1.82, 2.24) is 14.7 Å². The lowest BCUT2D eigenvalue weighted by molar-refractivity contribution is 0.311. The largest absolute Gasteiger partial charge is 0.297 e. The summed E-state index contributed by atoms with van der Waals surface area (Å²) >= 11 is 3.56. The molecule has 2 aromatic rings. The predicted octanol–water partition coefficient (Wildman–Crippen LogP) is 3.66. The van der Waals surface area contributed by atoms with E-state index in [0.717, 1.165) is 24.3 Å². The summed E-state index contributed by atoms with van der Waals surface area (Å²) in [4.78, 5) is 2.56. The van der Waals surface area contributed by atoms with E-state index >= 15 is 0 Å². The van der Waals surface area contributed by atoms with Crippen LogP contribution in [0.15, 0.2) is 24.3 Å². The summed E-state index contributed by atoms with van der Waals surface area (Å²) in [5.41, 5.74) is 2.50. The molecule has 1 aromatic heterocycles. The van der Waals surface area contributed by atoms with Gasteiger partial charge in [-0.2, -0.15) is 5.10 Å². The second kappa shape index (κ2) is 6.27. The van der Waals surface area contributed by atoms with Crippen molar-refractivity contribution in [1.29, 1.82) is 0 Å². The first-order valence-corrected chi connectivity index (χ1v) is 8.66. The van der Waals surface area contributed by atoms with E-state index in [1.165, 1.54) is 42.5 Å². The van der Waals surface area contributed by atoms with Crippen molar-refractivity contribution in [3.05, 3.63) is 30.0 Å². The zero-order valence-electron chi connectivity index (χ0n) is 12.1. The van der Waals surface area contributed by atoms with Gasteiger partial charge in [0.2, 0.25) is 0 Å². The van der Waals surface area contributed by atoms with Gasteiger partial charge in [-0.15, -0.1) is 0 Å². The van der Waals surface area contributed by atoms with Gasteiger partial charge in [0.05, 0.1) is 11.2 Å². The van der Waals surface area contributed by atoms with Crippen molar-refractivity contribution in [3.63, 3.8) is 0 Å². The molecule has 1 unspecified atom stereocenters. The number of hydrogen-bond donors (Lipinski definition) is 0. The van der Waals surface area contributed by atoms with Gasteiger partial charge in [0.1, 0.15) is 0 Å². The Bertz CT molecular complexity index is 578. The molecule has 0 bridgehead atoms. The minimum absolute atomic E-state index is 0.855.